The van der Waals surface area contributed by atoms with E-state index in [9.17, 15) is 18.0 Å². The van der Waals surface area contributed by atoms with Crippen molar-refractivity contribution >= 4 is 33.4 Å². The summed E-state index contributed by atoms with van der Waals surface area (Å²) >= 11 is 5.85. The molecule has 1 saturated heterocycles. The Morgan fingerprint density at radius 3 is 2.46 bits per heavy atom. The molecule has 0 aromatic heterocycles. The van der Waals surface area contributed by atoms with Crippen LogP contribution >= 0.6 is 11.6 Å². The topological polar surface area (TPSA) is 86.8 Å². The minimum absolute atomic E-state index is 0.0655. The Balaban J connectivity index is 2.22. The number of rotatable bonds is 6. The molecule has 2 rings (SSSR count). The van der Waals surface area contributed by atoms with Gasteiger partial charge in [0.15, 0.2) is 0 Å². The maximum atomic E-state index is 12.9. The Morgan fingerprint density at radius 1 is 1.31 bits per heavy atom. The van der Waals surface area contributed by atoms with Gasteiger partial charge >= 0.3 is 0 Å². The van der Waals surface area contributed by atoms with Crippen molar-refractivity contribution in [2.24, 2.45) is 0 Å². The first-order valence-electron chi connectivity index (χ1n) is 8.36. The van der Waals surface area contributed by atoms with Crippen LogP contribution in [0.5, 0.6) is 0 Å². The fourth-order valence-electron chi connectivity index (χ4n) is 3.00. The van der Waals surface area contributed by atoms with Crippen LogP contribution in [-0.4, -0.2) is 60.9 Å². The molecule has 1 aliphatic rings. The van der Waals surface area contributed by atoms with E-state index in [-0.39, 0.29) is 31.4 Å². The Bertz CT molecular complexity index is 782. The van der Waals surface area contributed by atoms with Crippen LogP contribution < -0.4 is 5.32 Å². The minimum atomic E-state index is -3.58. The number of benzene rings is 1. The molecule has 1 atom stereocenters. The molecular weight excluding hydrogens is 378 g/mol. The number of hydrogen-bond donors (Lipinski definition) is 1. The Labute approximate surface area is 159 Å². The summed E-state index contributed by atoms with van der Waals surface area (Å²) in [4.78, 5) is 26.9. The predicted octanol–water partition coefficient (Wildman–Crippen LogP) is 1.23. The number of amides is 2. The summed E-state index contributed by atoms with van der Waals surface area (Å²) in [6, 6.07) is 7.04. The third-order valence-corrected chi connectivity index (χ3v) is 5.91. The zero-order chi connectivity index (χ0) is 19.5. The van der Waals surface area contributed by atoms with E-state index in [1.54, 1.807) is 31.2 Å². The number of sulfonamides is 1. The second-order valence-corrected chi connectivity index (χ2v) is 9.08. The first-order valence-corrected chi connectivity index (χ1v) is 10.6. The maximum Gasteiger partial charge on any atom is 0.247 e. The fraction of sp³-hybridized carbons (Fsp3) is 0.529. The van der Waals surface area contributed by atoms with E-state index >= 15 is 0 Å². The quantitative estimate of drug-likeness (QED) is 0.776. The molecule has 1 fully saturated rings. The fourth-order valence-corrected chi connectivity index (χ4v) is 3.95. The number of nitrogens with one attached hydrogen (secondary N) is 1. The van der Waals surface area contributed by atoms with E-state index in [2.05, 4.69) is 5.32 Å². The van der Waals surface area contributed by atoms with E-state index in [1.807, 2.05) is 6.92 Å². The van der Waals surface area contributed by atoms with Crippen molar-refractivity contribution in [1.82, 2.24) is 14.5 Å². The smallest absolute Gasteiger partial charge is 0.247 e. The van der Waals surface area contributed by atoms with Crippen LogP contribution in [0.3, 0.4) is 0 Å². The van der Waals surface area contributed by atoms with Crippen molar-refractivity contribution in [2.75, 3.05) is 25.9 Å². The van der Waals surface area contributed by atoms with E-state index in [0.29, 0.717) is 18.0 Å². The van der Waals surface area contributed by atoms with Crippen molar-refractivity contribution in [3.8, 4) is 0 Å². The number of carbonyl (C=O) groups is 2. The summed E-state index contributed by atoms with van der Waals surface area (Å²) in [5.74, 6) is -0.754. The highest BCUT2D eigenvalue weighted by atomic mass is 35.5. The summed E-state index contributed by atoms with van der Waals surface area (Å²) in [7, 11) is -3.58. The minimum Gasteiger partial charge on any atom is -0.350 e. The Morgan fingerprint density at radius 2 is 1.92 bits per heavy atom. The van der Waals surface area contributed by atoms with Gasteiger partial charge in [-0.3, -0.25) is 9.59 Å². The standard InChI is InChI=1S/C17H24ClN3O4S/c1-4-9-21-15(22)11-20(26(3,24)25)12-17(21,2)16(23)19-10-13-5-7-14(18)8-6-13/h5-8H,4,9-12H2,1-3H3,(H,19,23)/t17-/m0/s1. The van der Waals surface area contributed by atoms with E-state index < -0.39 is 15.6 Å². The third kappa shape index (κ3) is 4.55. The molecule has 0 bridgehead atoms. The van der Waals surface area contributed by atoms with E-state index in [1.165, 1.54) is 4.90 Å². The van der Waals surface area contributed by atoms with Crippen LogP contribution in [-0.2, 0) is 26.2 Å². The van der Waals surface area contributed by atoms with Gasteiger partial charge in [-0.25, -0.2) is 8.42 Å². The lowest BCUT2D eigenvalue weighted by Gasteiger charge is -2.46. The summed E-state index contributed by atoms with van der Waals surface area (Å²) in [6.07, 6.45) is 1.71. The molecule has 1 N–H and O–H groups in total. The van der Waals surface area contributed by atoms with Gasteiger partial charge in [0.1, 0.15) is 5.54 Å². The SMILES string of the molecule is CCCN1C(=O)CN(S(C)(=O)=O)C[C@@]1(C)C(=O)NCc1ccc(Cl)cc1. The molecule has 1 aliphatic heterocycles. The van der Waals surface area contributed by atoms with Gasteiger partial charge < -0.3 is 10.2 Å². The lowest BCUT2D eigenvalue weighted by molar-refractivity contribution is -0.152. The van der Waals surface area contributed by atoms with Crippen molar-refractivity contribution in [1.29, 1.82) is 0 Å². The monoisotopic (exact) mass is 401 g/mol. The summed E-state index contributed by atoms with van der Waals surface area (Å²) in [6.45, 7) is 3.86. The number of carbonyl (C=O) groups excluding carboxylic acids is 2. The number of hydrogen-bond acceptors (Lipinski definition) is 4. The average molecular weight is 402 g/mol. The molecule has 1 aromatic rings. The first kappa shape index (κ1) is 20.7. The highest BCUT2D eigenvalue weighted by molar-refractivity contribution is 7.88. The van der Waals surface area contributed by atoms with Crippen LogP contribution in [0.4, 0.5) is 0 Å². The average Bonchev–Trinajstić information content (AvgIpc) is 2.56. The zero-order valence-electron chi connectivity index (χ0n) is 15.2. The largest absolute Gasteiger partial charge is 0.350 e. The van der Waals surface area contributed by atoms with Crippen molar-refractivity contribution < 1.29 is 18.0 Å². The molecule has 0 unspecified atom stereocenters. The van der Waals surface area contributed by atoms with Gasteiger partial charge in [-0.1, -0.05) is 30.7 Å². The molecule has 7 nitrogen and oxygen atoms in total. The van der Waals surface area contributed by atoms with Crippen LogP contribution in [0.1, 0.15) is 25.8 Å². The number of halogens is 1. The van der Waals surface area contributed by atoms with E-state index in [0.717, 1.165) is 16.1 Å². The third-order valence-electron chi connectivity index (χ3n) is 4.46. The molecule has 0 spiro atoms. The lowest BCUT2D eigenvalue weighted by Crippen LogP contribution is -2.69. The Hall–Kier alpha value is -1.64. The normalized spacial score (nSPS) is 21.7. The van der Waals surface area contributed by atoms with Crippen molar-refractivity contribution in [3.05, 3.63) is 34.9 Å². The first-order chi connectivity index (χ1) is 12.1. The van der Waals surface area contributed by atoms with Gasteiger partial charge in [0, 0.05) is 24.7 Å². The second-order valence-electron chi connectivity index (χ2n) is 6.66. The molecule has 1 aromatic carbocycles. The molecule has 26 heavy (non-hydrogen) atoms. The molecule has 144 valence electrons. The van der Waals surface area contributed by atoms with Crippen LogP contribution in [0.15, 0.2) is 24.3 Å². The maximum absolute atomic E-state index is 12.9. The zero-order valence-corrected chi connectivity index (χ0v) is 16.7. The van der Waals surface area contributed by atoms with E-state index in [4.69, 9.17) is 11.6 Å². The molecule has 9 heteroatoms. The summed E-state index contributed by atoms with van der Waals surface area (Å²) in [5, 5.41) is 3.41. The van der Waals surface area contributed by atoms with Gasteiger partial charge in [0.05, 0.1) is 12.8 Å². The van der Waals surface area contributed by atoms with Crippen LogP contribution in [0.25, 0.3) is 0 Å². The van der Waals surface area contributed by atoms with Gasteiger partial charge in [-0.05, 0) is 31.0 Å². The van der Waals surface area contributed by atoms with Gasteiger partial charge in [-0.15, -0.1) is 0 Å². The summed E-state index contributed by atoms with van der Waals surface area (Å²) in [5.41, 5.74) is -0.406. The molecule has 0 saturated carbocycles. The van der Waals surface area contributed by atoms with Crippen LogP contribution in [0.2, 0.25) is 5.02 Å². The van der Waals surface area contributed by atoms with Crippen molar-refractivity contribution in [2.45, 2.75) is 32.4 Å². The highest BCUT2D eigenvalue weighted by Gasteiger charge is 2.48. The van der Waals surface area contributed by atoms with Crippen LogP contribution in [0, 0.1) is 0 Å². The van der Waals surface area contributed by atoms with Gasteiger partial charge in [-0.2, -0.15) is 4.31 Å². The predicted molar refractivity (Wildman–Crippen MR) is 100 cm³/mol. The molecule has 1 heterocycles. The molecular formula is C17H24ClN3O4S. The molecule has 0 aliphatic carbocycles. The summed E-state index contributed by atoms with van der Waals surface area (Å²) < 4.78 is 24.9. The Kier molecular flexibility index (Phi) is 6.31. The van der Waals surface area contributed by atoms with Gasteiger partial charge in [0.25, 0.3) is 0 Å². The second kappa shape index (κ2) is 7.94. The number of nitrogens with zero attached hydrogens (tertiary/aromatic N) is 2. The molecule has 2 amide bonds. The van der Waals surface area contributed by atoms with Gasteiger partial charge in [0.2, 0.25) is 21.8 Å². The lowest BCUT2D eigenvalue weighted by atomic mass is 9.95. The molecule has 0 radical (unpaired) electrons. The number of piperazine rings is 1. The highest BCUT2D eigenvalue weighted by Crippen LogP contribution is 2.25. The van der Waals surface area contributed by atoms with Crippen molar-refractivity contribution in [3.63, 3.8) is 0 Å².